The number of hydrogen-bond donors (Lipinski definition) is 0. The van der Waals surface area contributed by atoms with Gasteiger partial charge in [-0.1, -0.05) is 44.3 Å². The van der Waals surface area contributed by atoms with Gasteiger partial charge in [-0.3, -0.25) is 0 Å². The Morgan fingerprint density at radius 2 is 1.69 bits per heavy atom. The van der Waals surface area contributed by atoms with Crippen molar-refractivity contribution in [2.45, 2.75) is 57.5 Å². The molecule has 1 unspecified atom stereocenters. The summed E-state index contributed by atoms with van der Waals surface area (Å²) in [7, 11) is 1.81. The third-order valence-electron chi connectivity index (χ3n) is 2.76. The zero-order valence-corrected chi connectivity index (χ0v) is 8.80. The summed E-state index contributed by atoms with van der Waals surface area (Å²) in [5, 5.41) is 0. The second-order valence-electron chi connectivity index (χ2n) is 3.90. The van der Waals surface area contributed by atoms with E-state index in [9.17, 15) is 0 Å². The van der Waals surface area contributed by atoms with Crippen molar-refractivity contribution >= 4 is 0 Å². The number of rotatable bonds is 1. The topological polar surface area (TPSA) is 9.23 Å². The second kappa shape index (κ2) is 7.14. The average Bonchev–Trinajstić information content (AvgIpc) is 2.22. The van der Waals surface area contributed by atoms with Gasteiger partial charge >= 0.3 is 0 Å². The number of ether oxygens (including phenoxy) is 1. The van der Waals surface area contributed by atoms with Crippen molar-refractivity contribution in [1.29, 1.82) is 0 Å². The van der Waals surface area contributed by atoms with Gasteiger partial charge in [-0.2, -0.15) is 0 Å². The summed E-state index contributed by atoms with van der Waals surface area (Å²) in [6.07, 6.45) is 15.6. The minimum Gasteiger partial charge on any atom is -0.377 e. The fourth-order valence-electron chi connectivity index (χ4n) is 1.86. The lowest BCUT2D eigenvalue weighted by Gasteiger charge is -2.09. The minimum absolute atomic E-state index is 0.373. The van der Waals surface area contributed by atoms with E-state index in [2.05, 4.69) is 12.2 Å². The second-order valence-corrected chi connectivity index (χ2v) is 3.90. The van der Waals surface area contributed by atoms with Gasteiger partial charge in [-0.05, 0) is 19.3 Å². The normalized spacial score (nSPS) is 29.2. The fourth-order valence-corrected chi connectivity index (χ4v) is 1.86. The summed E-state index contributed by atoms with van der Waals surface area (Å²) in [4.78, 5) is 0. The van der Waals surface area contributed by atoms with Crippen LogP contribution in [-0.2, 0) is 4.74 Å². The molecule has 0 bridgehead atoms. The van der Waals surface area contributed by atoms with Crippen LogP contribution in [0.25, 0.3) is 0 Å². The highest BCUT2D eigenvalue weighted by Gasteiger charge is 2.02. The van der Waals surface area contributed by atoms with Gasteiger partial charge in [0.15, 0.2) is 0 Å². The lowest BCUT2D eigenvalue weighted by atomic mass is 10.1. The maximum absolute atomic E-state index is 5.38. The van der Waals surface area contributed by atoms with Crippen LogP contribution in [0.3, 0.4) is 0 Å². The molecule has 1 nitrogen and oxygen atoms in total. The van der Waals surface area contributed by atoms with Crippen LogP contribution in [0.5, 0.6) is 0 Å². The predicted molar refractivity (Wildman–Crippen MR) is 56.9 cm³/mol. The maximum atomic E-state index is 5.38. The first-order chi connectivity index (χ1) is 6.43. The van der Waals surface area contributed by atoms with Gasteiger partial charge in [0.25, 0.3) is 0 Å². The van der Waals surface area contributed by atoms with Crippen LogP contribution in [0.2, 0.25) is 0 Å². The molecule has 0 aliphatic heterocycles. The predicted octanol–water partition coefficient (Wildman–Crippen LogP) is 3.69. The van der Waals surface area contributed by atoms with Crippen molar-refractivity contribution in [1.82, 2.24) is 0 Å². The van der Waals surface area contributed by atoms with E-state index in [4.69, 9.17) is 4.74 Å². The molecule has 0 aromatic heterocycles. The molecule has 76 valence electrons. The number of allylic oxidation sites excluding steroid dienone is 1. The fraction of sp³-hybridized carbons (Fsp3) is 0.833. The summed E-state index contributed by atoms with van der Waals surface area (Å²) in [5.74, 6) is 0. The van der Waals surface area contributed by atoms with Gasteiger partial charge in [0.1, 0.15) is 0 Å². The van der Waals surface area contributed by atoms with Gasteiger partial charge in [-0.25, -0.2) is 0 Å². The van der Waals surface area contributed by atoms with Crippen LogP contribution in [-0.4, -0.2) is 13.2 Å². The molecule has 0 spiro atoms. The molecular formula is C12H22O. The van der Waals surface area contributed by atoms with Crippen LogP contribution in [0.15, 0.2) is 12.2 Å². The van der Waals surface area contributed by atoms with Crippen molar-refractivity contribution in [3.05, 3.63) is 12.2 Å². The molecule has 1 rings (SSSR count). The Bertz CT molecular complexity index is 140. The molecule has 0 N–H and O–H groups in total. The smallest absolute Gasteiger partial charge is 0.0752 e. The molecule has 1 aliphatic carbocycles. The van der Waals surface area contributed by atoms with Crippen molar-refractivity contribution in [2.75, 3.05) is 7.11 Å². The molecule has 0 amide bonds. The molecule has 0 saturated heterocycles. The standard InChI is InChI=1S/C12H22O/c1-13-12-10-8-6-4-2-3-5-7-9-11-12/h8,10,12H,2-7,9,11H2,1H3/b10-8-. The molecule has 0 heterocycles. The summed E-state index contributed by atoms with van der Waals surface area (Å²) < 4.78 is 5.38. The van der Waals surface area contributed by atoms with E-state index in [0.29, 0.717) is 6.10 Å². The van der Waals surface area contributed by atoms with Crippen LogP contribution in [0, 0.1) is 0 Å². The molecule has 0 fully saturated rings. The van der Waals surface area contributed by atoms with E-state index >= 15 is 0 Å². The SMILES string of the molecule is COC1/C=C\CCCCCCCC1. The quantitative estimate of drug-likeness (QED) is 0.562. The molecule has 0 saturated carbocycles. The Kier molecular flexibility index (Phi) is 5.92. The summed E-state index contributed by atoms with van der Waals surface area (Å²) in [5.41, 5.74) is 0. The summed E-state index contributed by atoms with van der Waals surface area (Å²) in [6.45, 7) is 0. The molecule has 0 aromatic carbocycles. The highest BCUT2D eigenvalue weighted by atomic mass is 16.5. The molecule has 1 atom stereocenters. The van der Waals surface area contributed by atoms with E-state index in [-0.39, 0.29) is 0 Å². The Morgan fingerprint density at radius 3 is 2.46 bits per heavy atom. The van der Waals surface area contributed by atoms with Gasteiger partial charge in [0, 0.05) is 7.11 Å². The third-order valence-corrected chi connectivity index (χ3v) is 2.76. The molecule has 0 aromatic rings. The van der Waals surface area contributed by atoms with Crippen LogP contribution in [0.1, 0.15) is 51.4 Å². The zero-order valence-electron chi connectivity index (χ0n) is 8.80. The molecule has 13 heavy (non-hydrogen) atoms. The van der Waals surface area contributed by atoms with Gasteiger partial charge in [-0.15, -0.1) is 0 Å². The third kappa shape index (κ3) is 5.09. The largest absolute Gasteiger partial charge is 0.377 e. The Hall–Kier alpha value is -0.300. The van der Waals surface area contributed by atoms with E-state index in [1.807, 2.05) is 7.11 Å². The van der Waals surface area contributed by atoms with Gasteiger partial charge < -0.3 is 4.74 Å². The Morgan fingerprint density at radius 1 is 1.00 bits per heavy atom. The van der Waals surface area contributed by atoms with E-state index in [1.54, 1.807) is 0 Å². The van der Waals surface area contributed by atoms with Gasteiger partial charge in [0.2, 0.25) is 0 Å². The van der Waals surface area contributed by atoms with E-state index < -0.39 is 0 Å². The Balaban J connectivity index is 2.29. The van der Waals surface area contributed by atoms with Crippen LogP contribution in [0.4, 0.5) is 0 Å². The van der Waals surface area contributed by atoms with Crippen molar-refractivity contribution in [3.63, 3.8) is 0 Å². The summed E-state index contributed by atoms with van der Waals surface area (Å²) >= 11 is 0. The van der Waals surface area contributed by atoms with Gasteiger partial charge in [0.05, 0.1) is 6.10 Å². The van der Waals surface area contributed by atoms with Crippen LogP contribution >= 0.6 is 0 Å². The highest BCUT2D eigenvalue weighted by molar-refractivity contribution is 4.89. The first-order valence-electron chi connectivity index (χ1n) is 5.63. The zero-order chi connectivity index (χ0) is 9.36. The molecule has 0 radical (unpaired) electrons. The lowest BCUT2D eigenvalue weighted by molar-refractivity contribution is 0.131. The lowest BCUT2D eigenvalue weighted by Crippen LogP contribution is -2.06. The van der Waals surface area contributed by atoms with E-state index in [0.717, 1.165) is 0 Å². The Labute approximate surface area is 82.2 Å². The average molecular weight is 182 g/mol. The van der Waals surface area contributed by atoms with Crippen molar-refractivity contribution in [3.8, 4) is 0 Å². The summed E-state index contributed by atoms with van der Waals surface area (Å²) in [6, 6.07) is 0. The molecular weight excluding hydrogens is 160 g/mol. The first kappa shape index (κ1) is 10.8. The van der Waals surface area contributed by atoms with Crippen molar-refractivity contribution < 1.29 is 4.74 Å². The van der Waals surface area contributed by atoms with Crippen molar-refractivity contribution in [2.24, 2.45) is 0 Å². The number of hydrogen-bond acceptors (Lipinski definition) is 1. The molecule has 1 heteroatoms. The number of methoxy groups -OCH3 is 1. The molecule has 1 aliphatic rings. The minimum atomic E-state index is 0.373. The first-order valence-corrected chi connectivity index (χ1v) is 5.63. The van der Waals surface area contributed by atoms with Crippen LogP contribution < -0.4 is 0 Å². The van der Waals surface area contributed by atoms with E-state index in [1.165, 1.54) is 51.4 Å². The monoisotopic (exact) mass is 182 g/mol. The highest BCUT2D eigenvalue weighted by Crippen LogP contribution is 2.14. The maximum Gasteiger partial charge on any atom is 0.0752 e.